The van der Waals surface area contributed by atoms with Crippen molar-refractivity contribution in [3.05, 3.63) is 106 Å². The van der Waals surface area contributed by atoms with Crippen LogP contribution in [0.15, 0.2) is 72.9 Å². The van der Waals surface area contributed by atoms with Crippen LogP contribution in [-0.4, -0.2) is 35.9 Å². The van der Waals surface area contributed by atoms with Crippen molar-refractivity contribution in [3.63, 3.8) is 0 Å². The molecule has 3 aromatic carbocycles. The summed E-state index contributed by atoms with van der Waals surface area (Å²) in [7, 11) is 0. The Labute approximate surface area is 244 Å². The smallest absolute Gasteiger partial charge is 0.307 e. The topological polar surface area (TPSA) is 97.4 Å². The number of hydrogen-bond donors (Lipinski definition) is 2. The minimum atomic E-state index is -1.20. The van der Waals surface area contributed by atoms with Gasteiger partial charge >= 0.3 is 5.97 Å². The number of esters is 1. The molecule has 2 amide bonds. The van der Waals surface area contributed by atoms with Gasteiger partial charge in [-0.25, -0.2) is 8.78 Å². The number of benzene rings is 3. The zero-order valence-electron chi connectivity index (χ0n) is 21.6. The van der Waals surface area contributed by atoms with Crippen molar-refractivity contribution in [2.75, 3.05) is 18.5 Å². The molecule has 0 radical (unpaired) electrons. The molecule has 4 aromatic rings. The lowest BCUT2D eigenvalue weighted by molar-refractivity contribution is -0.142. The van der Waals surface area contributed by atoms with E-state index in [1.807, 2.05) is 0 Å². The molecule has 0 aliphatic heterocycles. The normalized spacial score (nSPS) is 10.7. The molecule has 0 fully saturated rings. The maximum atomic E-state index is 14.2. The fraction of sp³-hybridized carbons (Fsp3) is 0.133. The van der Waals surface area contributed by atoms with Crippen molar-refractivity contribution in [1.29, 1.82) is 0 Å². The molecule has 1 aromatic heterocycles. The van der Waals surface area contributed by atoms with E-state index in [0.29, 0.717) is 15.7 Å². The largest absolute Gasteiger partial charge is 0.466 e. The third-order valence-corrected chi connectivity index (χ3v) is 6.46. The molecule has 0 saturated heterocycles. The first kappa shape index (κ1) is 29.6. The van der Waals surface area contributed by atoms with Gasteiger partial charge in [0.2, 0.25) is 0 Å². The predicted octanol–water partition coefficient (Wildman–Crippen LogP) is 6.94. The lowest BCUT2D eigenvalue weighted by Crippen LogP contribution is -2.27. The number of rotatable bonds is 9. The van der Waals surface area contributed by atoms with Gasteiger partial charge in [0.15, 0.2) is 11.6 Å². The Hall–Kier alpha value is -4.34. The maximum Gasteiger partial charge on any atom is 0.307 e. The standard InChI is InChI=1S/C30H23Cl2F2N3O4/c1-2-41-28(38)11-12-35-30(40)27-10-5-18(16-36-27)22-14-25(33)26(34)15-23(22)29(39)37-20-7-3-17(4-8-20)21-9-6-19(31)13-24(21)32/h3-10,13-16H,2,11-12H2,1H3,(H,35,40)(H,37,39). The maximum absolute atomic E-state index is 14.2. The van der Waals surface area contributed by atoms with Crippen molar-refractivity contribution in [2.45, 2.75) is 13.3 Å². The molecule has 0 atom stereocenters. The minimum absolute atomic E-state index is 0.00257. The first-order chi connectivity index (χ1) is 19.7. The van der Waals surface area contributed by atoms with Crippen LogP contribution < -0.4 is 10.6 Å². The molecule has 0 aliphatic rings. The third kappa shape index (κ3) is 7.45. The third-order valence-electron chi connectivity index (χ3n) is 5.92. The van der Waals surface area contributed by atoms with Gasteiger partial charge in [0.1, 0.15) is 5.69 Å². The number of ether oxygens (including phenoxy) is 1. The van der Waals surface area contributed by atoms with Gasteiger partial charge in [0.05, 0.1) is 18.6 Å². The number of nitrogens with one attached hydrogen (secondary N) is 2. The number of amides is 2. The molecule has 0 spiro atoms. The van der Waals surface area contributed by atoms with Crippen LogP contribution >= 0.6 is 23.2 Å². The molecular formula is C30H23Cl2F2N3O4. The Morgan fingerprint density at radius 3 is 2.22 bits per heavy atom. The van der Waals surface area contributed by atoms with E-state index in [2.05, 4.69) is 15.6 Å². The molecule has 0 bridgehead atoms. The number of pyridine rings is 1. The summed E-state index contributed by atoms with van der Waals surface area (Å²) in [6.45, 7) is 1.98. The van der Waals surface area contributed by atoms with Gasteiger partial charge in [0, 0.05) is 39.6 Å². The van der Waals surface area contributed by atoms with Gasteiger partial charge in [-0.05, 0) is 60.5 Å². The van der Waals surface area contributed by atoms with Crippen LogP contribution in [0.1, 0.15) is 34.2 Å². The fourth-order valence-corrected chi connectivity index (χ4v) is 4.44. The summed E-state index contributed by atoms with van der Waals surface area (Å²) in [6.07, 6.45) is 1.27. The highest BCUT2D eigenvalue weighted by Crippen LogP contribution is 2.32. The van der Waals surface area contributed by atoms with Crippen molar-refractivity contribution in [2.24, 2.45) is 0 Å². The van der Waals surface area contributed by atoms with Gasteiger partial charge in [-0.2, -0.15) is 0 Å². The van der Waals surface area contributed by atoms with Crippen molar-refractivity contribution >= 4 is 46.7 Å². The zero-order chi connectivity index (χ0) is 29.5. The number of hydrogen-bond acceptors (Lipinski definition) is 5. The molecule has 7 nitrogen and oxygen atoms in total. The summed E-state index contributed by atoms with van der Waals surface area (Å²) in [5, 5.41) is 6.21. The molecular weight excluding hydrogens is 575 g/mol. The molecule has 1 heterocycles. The SMILES string of the molecule is CCOC(=O)CCNC(=O)c1ccc(-c2cc(F)c(F)cc2C(=O)Nc2ccc(-c3ccc(Cl)cc3Cl)cc2)cn1. The number of carbonyl (C=O) groups excluding carboxylic acids is 3. The van der Waals surface area contributed by atoms with E-state index in [-0.39, 0.29) is 42.0 Å². The monoisotopic (exact) mass is 597 g/mol. The number of carbonyl (C=O) groups is 3. The van der Waals surface area contributed by atoms with Crippen LogP contribution in [0, 0.1) is 11.6 Å². The van der Waals surface area contributed by atoms with Gasteiger partial charge in [-0.1, -0.05) is 47.5 Å². The lowest BCUT2D eigenvalue weighted by atomic mass is 9.99. The highest BCUT2D eigenvalue weighted by atomic mass is 35.5. The molecule has 41 heavy (non-hydrogen) atoms. The van der Waals surface area contributed by atoms with Crippen LogP contribution in [-0.2, 0) is 9.53 Å². The summed E-state index contributed by atoms with van der Waals surface area (Å²) < 4.78 is 33.2. The Balaban J connectivity index is 1.51. The van der Waals surface area contributed by atoms with E-state index in [4.69, 9.17) is 27.9 Å². The number of nitrogens with zero attached hydrogens (tertiary/aromatic N) is 1. The van der Waals surface area contributed by atoms with Gasteiger partial charge in [0.25, 0.3) is 11.8 Å². The van der Waals surface area contributed by atoms with Gasteiger partial charge in [-0.15, -0.1) is 0 Å². The van der Waals surface area contributed by atoms with Crippen LogP contribution in [0.2, 0.25) is 10.0 Å². The Morgan fingerprint density at radius 2 is 1.56 bits per heavy atom. The second kappa shape index (κ2) is 13.3. The summed E-state index contributed by atoms with van der Waals surface area (Å²) in [6, 6.07) is 16.4. The average Bonchev–Trinajstić information content (AvgIpc) is 2.95. The highest BCUT2D eigenvalue weighted by molar-refractivity contribution is 6.36. The van der Waals surface area contributed by atoms with Crippen LogP contribution in [0.3, 0.4) is 0 Å². The van der Waals surface area contributed by atoms with Crippen molar-refractivity contribution in [1.82, 2.24) is 10.3 Å². The summed E-state index contributed by atoms with van der Waals surface area (Å²) >= 11 is 12.2. The summed E-state index contributed by atoms with van der Waals surface area (Å²) in [5.41, 5.74) is 2.20. The van der Waals surface area contributed by atoms with Crippen LogP contribution in [0.5, 0.6) is 0 Å². The number of halogens is 4. The van der Waals surface area contributed by atoms with E-state index in [0.717, 1.165) is 23.3 Å². The molecule has 210 valence electrons. The van der Waals surface area contributed by atoms with Gasteiger partial charge in [-0.3, -0.25) is 19.4 Å². The van der Waals surface area contributed by atoms with E-state index in [1.165, 1.54) is 18.3 Å². The number of aromatic nitrogens is 1. The first-order valence-electron chi connectivity index (χ1n) is 12.4. The van der Waals surface area contributed by atoms with E-state index in [1.54, 1.807) is 49.4 Å². The van der Waals surface area contributed by atoms with Crippen molar-refractivity contribution in [3.8, 4) is 22.3 Å². The molecule has 4 rings (SSSR count). The second-order valence-corrected chi connectivity index (χ2v) is 9.55. The highest BCUT2D eigenvalue weighted by Gasteiger charge is 2.19. The molecule has 0 aliphatic carbocycles. The number of anilines is 1. The van der Waals surface area contributed by atoms with Gasteiger partial charge < -0.3 is 15.4 Å². The van der Waals surface area contributed by atoms with E-state index >= 15 is 0 Å². The Kier molecular flexibility index (Phi) is 9.65. The molecule has 0 unspecified atom stereocenters. The van der Waals surface area contributed by atoms with E-state index < -0.39 is 29.4 Å². The Morgan fingerprint density at radius 1 is 0.854 bits per heavy atom. The lowest BCUT2D eigenvalue weighted by Gasteiger charge is -2.12. The quantitative estimate of drug-likeness (QED) is 0.204. The minimum Gasteiger partial charge on any atom is -0.466 e. The first-order valence-corrected chi connectivity index (χ1v) is 13.2. The second-order valence-electron chi connectivity index (χ2n) is 8.71. The Bertz CT molecular complexity index is 1600. The predicted molar refractivity (Wildman–Crippen MR) is 153 cm³/mol. The van der Waals surface area contributed by atoms with E-state index in [9.17, 15) is 23.2 Å². The van der Waals surface area contributed by atoms with Crippen LogP contribution in [0.4, 0.5) is 14.5 Å². The van der Waals surface area contributed by atoms with Crippen LogP contribution in [0.25, 0.3) is 22.3 Å². The van der Waals surface area contributed by atoms with Crippen molar-refractivity contribution < 1.29 is 27.9 Å². The summed E-state index contributed by atoms with van der Waals surface area (Å²) in [5.74, 6) is -4.01. The zero-order valence-corrected chi connectivity index (χ0v) is 23.2. The molecule has 2 N–H and O–H groups in total. The molecule has 0 saturated carbocycles. The average molecular weight is 598 g/mol. The summed E-state index contributed by atoms with van der Waals surface area (Å²) in [4.78, 5) is 41.0. The molecule has 11 heteroatoms. The fourth-order valence-electron chi connectivity index (χ4n) is 3.92.